The molecule has 5 aromatic rings. The van der Waals surface area contributed by atoms with Gasteiger partial charge in [0.2, 0.25) is 5.78 Å². The Morgan fingerprint density at radius 1 is 1.13 bits per heavy atom. The third kappa shape index (κ3) is 6.30. The topological polar surface area (TPSA) is 144 Å². The summed E-state index contributed by atoms with van der Waals surface area (Å²) in [6.45, 7) is 2.87. The standard InChI is InChI=1S/C22H21BrN8O.C2HF3O2/c1-2-3-4-8-30-19-18(26-21(23)27-19)20(32)31-17(28-29-22(30)31)10-14-6-5-7-15(9-14)16-11-24-13-25-12-16;3-2(4,5)1(6)7/h5-7,9,11-13H,2-4,8,10H2,1H3,(H,26,27);(H,6,7). The van der Waals surface area contributed by atoms with Crippen molar-refractivity contribution in [3.05, 3.63) is 69.5 Å². The van der Waals surface area contributed by atoms with Gasteiger partial charge in [0.05, 0.1) is 0 Å². The maximum absolute atomic E-state index is 13.3. The van der Waals surface area contributed by atoms with Crippen LogP contribution in [0.4, 0.5) is 13.2 Å². The third-order valence-corrected chi connectivity index (χ3v) is 6.07. The summed E-state index contributed by atoms with van der Waals surface area (Å²) < 4.78 is 35.8. The van der Waals surface area contributed by atoms with Crippen LogP contribution in [0.1, 0.15) is 37.6 Å². The molecule has 15 heteroatoms. The first-order valence-electron chi connectivity index (χ1n) is 11.8. The Bertz CT molecular complexity index is 1660. The second kappa shape index (κ2) is 11.7. The summed E-state index contributed by atoms with van der Waals surface area (Å²) in [4.78, 5) is 37.9. The van der Waals surface area contributed by atoms with E-state index in [1.54, 1.807) is 16.8 Å². The van der Waals surface area contributed by atoms with E-state index in [9.17, 15) is 18.0 Å². The molecule has 0 fully saturated rings. The summed E-state index contributed by atoms with van der Waals surface area (Å²) in [5.41, 5.74) is 3.79. The smallest absolute Gasteiger partial charge is 0.475 e. The van der Waals surface area contributed by atoms with Crippen LogP contribution in [0.5, 0.6) is 0 Å². The molecule has 5 rings (SSSR count). The number of rotatable bonds is 7. The average molecular weight is 607 g/mol. The Labute approximate surface area is 226 Å². The van der Waals surface area contributed by atoms with E-state index in [-0.39, 0.29) is 5.56 Å². The highest BCUT2D eigenvalue weighted by Gasteiger charge is 2.38. The Balaban J connectivity index is 0.000000448. The minimum atomic E-state index is -5.08. The van der Waals surface area contributed by atoms with Crippen LogP contribution in [0.2, 0.25) is 0 Å². The van der Waals surface area contributed by atoms with Crippen LogP contribution in [-0.4, -0.2) is 56.4 Å². The summed E-state index contributed by atoms with van der Waals surface area (Å²) >= 11 is 3.36. The molecule has 0 aliphatic rings. The molecule has 1 aromatic carbocycles. The van der Waals surface area contributed by atoms with Gasteiger partial charge in [-0.25, -0.2) is 24.1 Å². The molecule has 0 spiro atoms. The molecule has 4 heterocycles. The SMILES string of the molecule is CCCCCn1c2nc(Br)[nH]c2c(=O)n2c(Cc3cccc(-c4cncnc4)c3)nnc12.O=C(O)C(F)(F)F. The molecule has 2 N–H and O–H groups in total. The van der Waals surface area contributed by atoms with Crippen molar-refractivity contribution in [1.29, 1.82) is 0 Å². The third-order valence-electron chi connectivity index (χ3n) is 5.69. The van der Waals surface area contributed by atoms with E-state index in [1.807, 2.05) is 22.8 Å². The molecule has 0 atom stereocenters. The number of carboxylic acid groups (broad SMARTS) is 1. The van der Waals surface area contributed by atoms with E-state index in [4.69, 9.17) is 9.90 Å². The normalized spacial score (nSPS) is 11.5. The summed E-state index contributed by atoms with van der Waals surface area (Å²) in [6.07, 6.45) is 3.61. The van der Waals surface area contributed by atoms with Gasteiger partial charge < -0.3 is 10.1 Å². The first kappa shape index (κ1) is 27.9. The van der Waals surface area contributed by atoms with Crippen molar-refractivity contribution in [2.24, 2.45) is 0 Å². The number of nitrogens with one attached hydrogen (secondary N) is 1. The number of aryl methyl sites for hydroxylation is 1. The molecule has 4 aromatic heterocycles. The summed E-state index contributed by atoms with van der Waals surface area (Å²) in [5, 5.41) is 15.9. The molecule has 11 nitrogen and oxygen atoms in total. The van der Waals surface area contributed by atoms with Gasteiger partial charge in [0.15, 0.2) is 15.9 Å². The number of hydrogen-bond acceptors (Lipinski definition) is 7. The Hall–Kier alpha value is -4.14. The number of imidazole rings is 1. The average Bonchev–Trinajstić information content (AvgIpc) is 3.50. The van der Waals surface area contributed by atoms with Gasteiger partial charge in [-0.2, -0.15) is 13.2 Å². The van der Waals surface area contributed by atoms with Gasteiger partial charge in [-0.05, 0) is 33.5 Å². The maximum atomic E-state index is 13.3. The number of fused-ring (bicyclic) bond motifs is 2. The van der Waals surface area contributed by atoms with Crippen LogP contribution in [0.3, 0.4) is 0 Å². The van der Waals surface area contributed by atoms with Gasteiger partial charge in [-0.3, -0.25) is 9.36 Å². The lowest BCUT2D eigenvalue weighted by Gasteiger charge is -2.09. The van der Waals surface area contributed by atoms with Crippen LogP contribution in [-0.2, 0) is 17.8 Å². The summed E-state index contributed by atoms with van der Waals surface area (Å²) in [7, 11) is 0. The highest BCUT2D eigenvalue weighted by molar-refractivity contribution is 9.10. The lowest BCUT2D eigenvalue weighted by atomic mass is 10.0. The van der Waals surface area contributed by atoms with E-state index in [2.05, 4.69) is 59.1 Å². The fraction of sp³-hybridized carbons (Fsp3) is 0.292. The van der Waals surface area contributed by atoms with Crippen LogP contribution >= 0.6 is 15.9 Å². The van der Waals surface area contributed by atoms with E-state index < -0.39 is 12.1 Å². The van der Waals surface area contributed by atoms with E-state index >= 15 is 0 Å². The molecule has 0 bridgehead atoms. The molecule has 204 valence electrons. The van der Waals surface area contributed by atoms with Crippen LogP contribution in [0.15, 0.2) is 52.5 Å². The van der Waals surface area contributed by atoms with Crippen molar-refractivity contribution < 1.29 is 23.1 Å². The number of halogens is 4. The minimum Gasteiger partial charge on any atom is -0.475 e. The number of carboxylic acids is 1. The minimum absolute atomic E-state index is 0.201. The van der Waals surface area contributed by atoms with Crippen molar-refractivity contribution >= 4 is 38.8 Å². The molecule has 39 heavy (non-hydrogen) atoms. The van der Waals surface area contributed by atoms with Crippen molar-refractivity contribution in [2.45, 2.75) is 45.3 Å². The Morgan fingerprint density at radius 3 is 2.51 bits per heavy atom. The second-order valence-electron chi connectivity index (χ2n) is 8.45. The first-order chi connectivity index (χ1) is 18.6. The Kier molecular flexibility index (Phi) is 8.38. The van der Waals surface area contributed by atoms with Gasteiger partial charge in [0, 0.05) is 30.9 Å². The van der Waals surface area contributed by atoms with Gasteiger partial charge in [0.25, 0.3) is 5.56 Å². The number of hydrogen-bond donors (Lipinski definition) is 2. The molecule has 0 unspecified atom stereocenters. The second-order valence-corrected chi connectivity index (χ2v) is 9.20. The van der Waals surface area contributed by atoms with Gasteiger partial charge in [-0.15, -0.1) is 10.2 Å². The van der Waals surface area contributed by atoms with Gasteiger partial charge in [0.1, 0.15) is 12.2 Å². The molecule has 0 saturated carbocycles. The van der Waals surface area contributed by atoms with E-state index in [0.717, 1.165) is 36.0 Å². The largest absolute Gasteiger partial charge is 0.490 e. The van der Waals surface area contributed by atoms with E-state index in [1.165, 1.54) is 6.33 Å². The van der Waals surface area contributed by atoms with Crippen molar-refractivity contribution in [3.8, 4) is 11.1 Å². The van der Waals surface area contributed by atoms with Crippen LogP contribution in [0, 0.1) is 0 Å². The molecular formula is C24H22BrF3N8O3. The zero-order chi connectivity index (χ0) is 28.2. The van der Waals surface area contributed by atoms with Crippen LogP contribution < -0.4 is 5.56 Å². The number of unbranched alkanes of at least 4 members (excludes halogenated alkanes) is 2. The molecular weight excluding hydrogens is 585 g/mol. The molecule has 0 amide bonds. The predicted octanol–water partition coefficient (Wildman–Crippen LogP) is 4.40. The zero-order valence-electron chi connectivity index (χ0n) is 20.5. The fourth-order valence-corrected chi connectivity index (χ4v) is 4.27. The predicted molar refractivity (Wildman–Crippen MR) is 138 cm³/mol. The molecule has 0 aliphatic heterocycles. The number of aliphatic carboxylic acids is 1. The number of aromatic amines is 1. The molecule has 0 saturated heterocycles. The molecule has 0 radical (unpaired) electrons. The monoisotopic (exact) mass is 606 g/mol. The van der Waals surface area contributed by atoms with Crippen LogP contribution in [0.25, 0.3) is 28.1 Å². The van der Waals surface area contributed by atoms with Crippen molar-refractivity contribution in [1.82, 2.24) is 39.1 Å². The lowest BCUT2D eigenvalue weighted by molar-refractivity contribution is -0.192. The van der Waals surface area contributed by atoms with Gasteiger partial charge in [-0.1, -0.05) is 44.0 Å². The Morgan fingerprint density at radius 2 is 1.85 bits per heavy atom. The maximum Gasteiger partial charge on any atom is 0.490 e. The first-order valence-corrected chi connectivity index (χ1v) is 12.6. The van der Waals surface area contributed by atoms with Crippen molar-refractivity contribution in [3.63, 3.8) is 0 Å². The fourth-order valence-electron chi connectivity index (χ4n) is 3.91. The number of nitrogens with zero attached hydrogens (tertiary/aromatic N) is 7. The summed E-state index contributed by atoms with van der Waals surface area (Å²) in [6, 6.07) is 8.06. The van der Waals surface area contributed by atoms with Gasteiger partial charge >= 0.3 is 12.1 Å². The van der Waals surface area contributed by atoms with E-state index in [0.29, 0.717) is 40.5 Å². The highest BCUT2D eigenvalue weighted by atomic mass is 79.9. The van der Waals surface area contributed by atoms with Crippen molar-refractivity contribution in [2.75, 3.05) is 0 Å². The highest BCUT2D eigenvalue weighted by Crippen LogP contribution is 2.21. The number of carbonyl (C=O) groups is 1. The molecule has 0 aliphatic carbocycles. The quantitative estimate of drug-likeness (QED) is 0.205. The number of benzene rings is 1. The number of alkyl halides is 3. The lowest BCUT2D eigenvalue weighted by Crippen LogP contribution is -2.21. The zero-order valence-corrected chi connectivity index (χ0v) is 22.1. The summed E-state index contributed by atoms with van der Waals surface area (Å²) in [5.74, 6) is -1.66. The number of aromatic nitrogens is 8. The number of H-pyrrole nitrogens is 1.